The number of ether oxygens (including phenoxy) is 1. The lowest BCUT2D eigenvalue weighted by atomic mass is 10.3. The number of hydrogen-bond acceptors (Lipinski definition) is 4. The van der Waals surface area contributed by atoms with Crippen molar-refractivity contribution < 1.29 is 19.1 Å². The highest BCUT2D eigenvalue weighted by Crippen LogP contribution is 2.30. The van der Waals surface area contributed by atoms with E-state index >= 15 is 0 Å². The second kappa shape index (κ2) is 5.01. The third-order valence-electron chi connectivity index (χ3n) is 2.25. The SMILES string of the molecule is COc1ccc(Cl)c(Nc2ccc(C(=O)O)o2)c1. The summed E-state index contributed by atoms with van der Waals surface area (Å²) in [5, 5.41) is 12.1. The number of furan rings is 1. The lowest BCUT2D eigenvalue weighted by Gasteiger charge is -2.07. The highest BCUT2D eigenvalue weighted by atomic mass is 35.5. The van der Waals surface area contributed by atoms with Crippen LogP contribution in [0, 0.1) is 0 Å². The number of nitrogens with one attached hydrogen (secondary N) is 1. The molecule has 0 radical (unpaired) electrons. The maximum absolute atomic E-state index is 10.7. The Kier molecular flexibility index (Phi) is 3.43. The van der Waals surface area contributed by atoms with Gasteiger partial charge in [-0.15, -0.1) is 0 Å². The molecule has 1 heterocycles. The van der Waals surface area contributed by atoms with Crippen molar-refractivity contribution in [2.45, 2.75) is 0 Å². The predicted octanol–water partition coefficient (Wildman–Crippen LogP) is 3.38. The smallest absolute Gasteiger partial charge is 0.371 e. The van der Waals surface area contributed by atoms with Crippen LogP contribution in [0.5, 0.6) is 5.75 Å². The van der Waals surface area contributed by atoms with Gasteiger partial charge in [-0.05, 0) is 18.2 Å². The van der Waals surface area contributed by atoms with Gasteiger partial charge in [0.25, 0.3) is 0 Å². The molecule has 0 saturated heterocycles. The summed E-state index contributed by atoms with van der Waals surface area (Å²) in [7, 11) is 1.54. The van der Waals surface area contributed by atoms with E-state index in [0.717, 1.165) is 0 Å². The molecule has 0 saturated carbocycles. The third-order valence-corrected chi connectivity index (χ3v) is 2.58. The van der Waals surface area contributed by atoms with Crippen LogP contribution in [0.2, 0.25) is 5.02 Å². The first-order valence-electron chi connectivity index (χ1n) is 5.04. The topological polar surface area (TPSA) is 71.7 Å². The minimum atomic E-state index is -1.13. The van der Waals surface area contributed by atoms with Crippen molar-refractivity contribution in [3.8, 4) is 5.75 Å². The lowest BCUT2D eigenvalue weighted by Crippen LogP contribution is -1.93. The van der Waals surface area contributed by atoms with Gasteiger partial charge in [-0.25, -0.2) is 4.79 Å². The van der Waals surface area contributed by atoms with Gasteiger partial charge in [0.1, 0.15) is 5.75 Å². The average Bonchev–Trinajstić information content (AvgIpc) is 2.81. The van der Waals surface area contributed by atoms with E-state index in [2.05, 4.69) is 5.32 Å². The van der Waals surface area contributed by atoms with Crippen LogP contribution in [-0.4, -0.2) is 18.2 Å². The lowest BCUT2D eigenvalue weighted by molar-refractivity contribution is 0.0663. The van der Waals surface area contributed by atoms with E-state index in [1.54, 1.807) is 25.3 Å². The fourth-order valence-corrected chi connectivity index (χ4v) is 1.54. The number of carboxylic acid groups (broad SMARTS) is 1. The number of hydrogen-bond donors (Lipinski definition) is 2. The van der Waals surface area contributed by atoms with Crippen LogP contribution < -0.4 is 10.1 Å². The molecule has 0 aliphatic carbocycles. The number of benzene rings is 1. The van der Waals surface area contributed by atoms with Gasteiger partial charge in [-0.3, -0.25) is 0 Å². The van der Waals surface area contributed by atoms with Gasteiger partial charge in [0, 0.05) is 12.1 Å². The quantitative estimate of drug-likeness (QED) is 0.888. The third kappa shape index (κ3) is 2.57. The largest absolute Gasteiger partial charge is 0.497 e. The molecule has 2 rings (SSSR count). The summed E-state index contributed by atoms with van der Waals surface area (Å²) < 4.78 is 10.1. The zero-order valence-electron chi connectivity index (χ0n) is 9.44. The number of anilines is 2. The molecule has 2 N–H and O–H groups in total. The molecular formula is C12H10ClNO4. The molecule has 94 valence electrons. The van der Waals surface area contributed by atoms with Crippen LogP contribution in [0.3, 0.4) is 0 Å². The number of halogens is 1. The maximum atomic E-state index is 10.7. The summed E-state index contributed by atoms with van der Waals surface area (Å²) in [5.74, 6) is -0.342. The first-order chi connectivity index (χ1) is 8.60. The van der Waals surface area contributed by atoms with E-state index in [0.29, 0.717) is 22.3 Å². The van der Waals surface area contributed by atoms with Gasteiger partial charge in [0.05, 0.1) is 17.8 Å². The van der Waals surface area contributed by atoms with Crippen molar-refractivity contribution in [3.63, 3.8) is 0 Å². The molecule has 5 nitrogen and oxygen atoms in total. The number of carbonyl (C=O) groups is 1. The Hall–Kier alpha value is -2.14. The van der Waals surface area contributed by atoms with Crippen molar-refractivity contribution in [1.82, 2.24) is 0 Å². The summed E-state index contributed by atoms with van der Waals surface area (Å²) in [6.07, 6.45) is 0. The van der Waals surface area contributed by atoms with Crippen molar-refractivity contribution in [1.29, 1.82) is 0 Å². The van der Waals surface area contributed by atoms with Crippen molar-refractivity contribution in [2.75, 3.05) is 12.4 Å². The predicted molar refractivity (Wildman–Crippen MR) is 67.0 cm³/mol. The summed E-state index contributed by atoms with van der Waals surface area (Å²) in [5.41, 5.74) is 0.572. The van der Waals surface area contributed by atoms with Crippen molar-refractivity contribution in [3.05, 3.63) is 41.1 Å². The van der Waals surface area contributed by atoms with E-state index in [1.807, 2.05) is 0 Å². The van der Waals surface area contributed by atoms with Crippen LogP contribution in [0.4, 0.5) is 11.6 Å². The van der Waals surface area contributed by atoms with Crippen molar-refractivity contribution in [2.24, 2.45) is 0 Å². The monoisotopic (exact) mass is 267 g/mol. The number of aromatic carboxylic acids is 1. The molecule has 0 amide bonds. The molecule has 0 aliphatic heterocycles. The van der Waals surface area contributed by atoms with Crippen LogP contribution >= 0.6 is 11.6 Å². The molecule has 18 heavy (non-hydrogen) atoms. The highest BCUT2D eigenvalue weighted by Gasteiger charge is 2.10. The minimum Gasteiger partial charge on any atom is -0.497 e. The normalized spacial score (nSPS) is 10.1. The highest BCUT2D eigenvalue weighted by molar-refractivity contribution is 6.33. The molecular weight excluding hydrogens is 258 g/mol. The standard InChI is InChI=1S/C12H10ClNO4/c1-17-7-2-3-8(13)9(6-7)14-11-5-4-10(18-11)12(15)16/h2-6,14H,1H3,(H,15,16). The molecule has 6 heteroatoms. The Morgan fingerprint density at radius 2 is 2.17 bits per heavy atom. The van der Waals surface area contributed by atoms with Crippen LogP contribution in [0.15, 0.2) is 34.7 Å². The number of methoxy groups -OCH3 is 1. The van der Waals surface area contributed by atoms with Crippen molar-refractivity contribution >= 4 is 29.1 Å². The van der Waals surface area contributed by atoms with E-state index < -0.39 is 5.97 Å². The molecule has 0 aliphatic rings. The van der Waals surface area contributed by atoms with Gasteiger partial charge < -0.3 is 19.6 Å². The first-order valence-corrected chi connectivity index (χ1v) is 5.41. The van der Waals surface area contributed by atoms with Gasteiger partial charge in [0.15, 0.2) is 5.88 Å². The van der Waals surface area contributed by atoms with E-state index in [1.165, 1.54) is 12.1 Å². The van der Waals surface area contributed by atoms with E-state index in [-0.39, 0.29) is 5.76 Å². The fourth-order valence-electron chi connectivity index (χ4n) is 1.38. The van der Waals surface area contributed by atoms with Crippen LogP contribution in [0.25, 0.3) is 0 Å². The van der Waals surface area contributed by atoms with Crippen LogP contribution in [0.1, 0.15) is 10.6 Å². The molecule has 0 unspecified atom stereocenters. The Bertz CT molecular complexity index is 579. The minimum absolute atomic E-state index is 0.142. The molecule has 2 aromatic rings. The fraction of sp³-hybridized carbons (Fsp3) is 0.0833. The number of carboxylic acids is 1. The molecule has 0 spiro atoms. The Labute approximate surface area is 108 Å². The van der Waals surface area contributed by atoms with Gasteiger partial charge in [0.2, 0.25) is 5.76 Å². The summed E-state index contributed by atoms with van der Waals surface area (Å²) in [4.78, 5) is 10.7. The molecule has 0 atom stereocenters. The van der Waals surface area contributed by atoms with Gasteiger partial charge >= 0.3 is 5.97 Å². The van der Waals surface area contributed by atoms with Crippen LogP contribution in [-0.2, 0) is 0 Å². The van der Waals surface area contributed by atoms with E-state index in [9.17, 15) is 4.79 Å². The Morgan fingerprint density at radius 3 is 2.78 bits per heavy atom. The average molecular weight is 268 g/mol. The molecule has 1 aromatic carbocycles. The maximum Gasteiger partial charge on any atom is 0.371 e. The van der Waals surface area contributed by atoms with E-state index in [4.69, 9.17) is 25.9 Å². The summed E-state index contributed by atoms with van der Waals surface area (Å²) in [6, 6.07) is 7.95. The Balaban J connectivity index is 2.24. The van der Waals surface area contributed by atoms with Gasteiger partial charge in [-0.1, -0.05) is 11.6 Å². The zero-order chi connectivity index (χ0) is 13.1. The zero-order valence-corrected chi connectivity index (χ0v) is 10.2. The Morgan fingerprint density at radius 1 is 1.39 bits per heavy atom. The molecule has 0 fully saturated rings. The first kappa shape index (κ1) is 12.3. The molecule has 1 aromatic heterocycles. The second-order valence-corrected chi connectivity index (χ2v) is 3.85. The number of rotatable bonds is 4. The summed E-state index contributed by atoms with van der Waals surface area (Å²) in [6.45, 7) is 0. The molecule has 0 bridgehead atoms. The van der Waals surface area contributed by atoms with Gasteiger partial charge in [-0.2, -0.15) is 0 Å². The summed E-state index contributed by atoms with van der Waals surface area (Å²) >= 11 is 6.00. The second-order valence-electron chi connectivity index (χ2n) is 3.44.